The molecule has 2 aromatic rings. The third kappa shape index (κ3) is 6.15. The van der Waals surface area contributed by atoms with Crippen molar-refractivity contribution >= 4 is 29.1 Å². The first-order chi connectivity index (χ1) is 12.0. The minimum atomic E-state index is -0.577. The van der Waals surface area contributed by atoms with Gasteiger partial charge in [-0.05, 0) is 49.2 Å². The number of amides is 1. The zero-order valence-electron chi connectivity index (χ0n) is 14.2. The van der Waals surface area contributed by atoms with Crippen molar-refractivity contribution in [2.45, 2.75) is 26.4 Å². The molecule has 6 heteroatoms. The first kappa shape index (κ1) is 19.4. The van der Waals surface area contributed by atoms with E-state index < -0.39 is 6.10 Å². The summed E-state index contributed by atoms with van der Waals surface area (Å²) in [6.45, 7) is 4.54. The molecule has 0 spiro atoms. The Balaban J connectivity index is 1.78. The normalized spacial score (nSPS) is 11.7. The van der Waals surface area contributed by atoms with E-state index in [1.54, 1.807) is 30.3 Å². The minimum absolute atomic E-state index is 0.187. The fourth-order valence-electron chi connectivity index (χ4n) is 2.15. The molecular weight excluding hydrogens is 361 g/mol. The largest absolute Gasteiger partial charge is 0.492 e. The molecule has 0 aliphatic rings. The lowest BCUT2D eigenvalue weighted by molar-refractivity contribution is -0.128. The number of nitrogens with one attached hydrogen (secondary N) is 1. The number of hydrogen-bond donors (Lipinski definition) is 1. The van der Waals surface area contributed by atoms with Gasteiger partial charge in [-0.2, -0.15) is 0 Å². The van der Waals surface area contributed by atoms with E-state index in [1.165, 1.54) is 0 Å². The molecule has 25 heavy (non-hydrogen) atoms. The Labute approximate surface area is 158 Å². The van der Waals surface area contributed by atoms with Gasteiger partial charge in [0.15, 0.2) is 6.10 Å². The van der Waals surface area contributed by atoms with Gasteiger partial charge in [0.05, 0.1) is 6.54 Å². The molecule has 0 aliphatic carbocycles. The Kier molecular flexibility index (Phi) is 7.41. The van der Waals surface area contributed by atoms with Crippen LogP contribution in [0.2, 0.25) is 10.0 Å². The van der Waals surface area contributed by atoms with Gasteiger partial charge >= 0.3 is 0 Å². The van der Waals surface area contributed by atoms with Crippen molar-refractivity contribution in [3.63, 3.8) is 0 Å². The van der Waals surface area contributed by atoms with E-state index in [4.69, 9.17) is 32.7 Å². The maximum absolute atomic E-state index is 12.2. The second kappa shape index (κ2) is 9.54. The van der Waals surface area contributed by atoms with E-state index in [1.807, 2.05) is 26.0 Å². The predicted molar refractivity (Wildman–Crippen MR) is 101 cm³/mol. The monoisotopic (exact) mass is 381 g/mol. The van der Waals surface area contributed by atoms with E-state index in [2.05, 4.69) is 5.32 Å². The molecule has 2 aromatic carbocycles. The van der Waals surface area contributed by atoms with Crippen LogP contribution >= 0.6 is 23.2 Å². The van der Waals surface area contributed by atoms with Gasteiger partial charge in [-0.15, -0.1) is 0 Å². The Morgan fingerprint density at radius 1 is 1.16 bits per heavy atom. The summed E-state index contributed by atoms with van der Waals surface area (Å²) >= 11 is 12.0. The van der Waals surface area contributed by atoms with Crippen molar-refractivity contribution < 1.29 is 14.3 Å². The summed E-state index contributed by atoms with van der Waals surface area (Å²) in [5, 5.41) is 4.03. The average molecular weight is 382 g/mol. The number of benzene rings is 2. The van der Waals surface area contributed by atoms with Gasteiger partial charge in [-0.1, -0.05) is 42.3 Å². The van der Waals surface area contributed by atoms with Crippen LogP contribution in [0.1, 0.15) is 18.9 Å². The van der Waals surface area contributed by atoms with Gasteiger partial charge in [-0.3, -0.25) is 4.79 Å². The van der Waals surface area contributed by atoms with Gasteiger partial charge in [-0.25, -0.2) is 0 Å². The maximum atomic E-state index is 12.2. The van der Waals surface area contributed by atoms with E-state index in [0.29, 0.717) is 41.1 Å². The molecule has 0 saturated carbocycles. The Bertz CT molecular complexity index is 722. The highest BCUT2D eigenvalue weighted by Gasteiger charge is 2.18. The van der Waals surface area contributed by atoms with Crippen molar-refractivity contribution in [1.82, 2.24) is 5.32 Å². The highest BCUT2D eigenvalue weighted by Crippen LogP contribution is 2.21. The zero-order valence-corrected chi connectivity index (χ0v) is 15.7. The van der Waals surface area contributed by atoms with Crippen molar-refractivity contribution in [3.05, 3.63) is 58.1 Å². The second-order valence-corrected chi connectivity index (χ2v) is 6.37. The van der Waals surface area contributed by atoms with Crippen LogP contribution in [0, 0.1) is 6.92 Å². The summed E-state index contributed by atoms with van der Waals surface area (Å²) < 4.78 is 11.3. The Hall–Kier alpha value is -1.91. The molecule has 0 saturated heterocycles. The van der Waals surface area contributed by atoms with E-state index in [0.717, 1.165) is 5.56 Å². The molecule has 4 nitrogen and oxygen atoms in total. The highest BCUT2D eigenvalue weighted by atomic mass is 35.5. The number of halogens is 2. The van der Waals surface area contributed by atoms with Gasteiger partial charge in [0, 0.05) is 10.0 Å². The predicted octanol–water partition coefficient (Wildman–Crippen LogP) is 4.65. The Morgan fingerprint density at radius 2 is 1.96 bits per heavy atom. The molecule has 0 radical (unpaired) electrons. The van der Waals surface area contributed by atoms with Crippen LogP contribution in [0.15, 0.2) is 42.5 Å². The van der Waals surface area contributed by atoms with Gasteiger partial charge in [0.2, 0.25) is 0 Å². The highest BCUT2D eigenvalue weighted by molar-refractivity contribution is 6.31. The molecule has 1 N–H and O–H groups in total. The third-order valence-electron chi connectivity index (χ3n) is 3.55. The maximum Gasteiger partial charge on any atom is 0.261 e. The fourth-order valence-corrected chi connectivity index (χ4v) is 2.50. The minimum Gasteiger partial charge on any atom is -0.492 e. The SMILES string of the molecule is CC[C@H](Oc1cccc(Cl)c1)C(=O)NCCOc1ccc(C)c(Cl)c1. The molecule has 0 unspecified atom stereocenters. The molecule has 1 amide bonds. The summed E-state index contributed by atoms with van der Waals surface area (Å²) in [5.41, 5.74) is 0.992. The number of carbonyl (C=O) groups is 1. The van der Waals surface area contributed by atoms with Crippen LogP contribution < -0.4 is 14.8 Å². The summed E-state index contributed by atoms with van der Waals surface area (Å²) in [6.07, 6.45) is -0.0282. The van der Waals surface area contributed by atoms with Crippen LogP contribution in [0.3, 0.4) is 0 Å². The topological polar surface area (TPSA) is 47.6 Å². The van der Waals surface area contributed by atoms with Crippen molar-refractivity contribution in [1.29, 1.82) is 0 Å². The van der Waals surface area contributed by atoms with E-state index in [9.17, 15) is 4.79 Å². The summed E-state index contributed by atoms with van der Waals surface area (Å²) in [7, 11) is 0. The van der Waals surface area contributed by atoms with Crippen molar-refractivity contribution in [2.75, 3.05) is 13.2 Å². The number of ether oxygens (including phenoxy) is 2. The number of hydrogen-bond acceptors (Lipinski definition) is 3. The summed E-state index contributed by atoms with van der Waals surface area (Å²) in [5.74, 6) is 1.06. The van der Waals surface area contributed by atoms with Gasteiger partial charge in [0.25, 0.3) is 5.91 Å². The average Bonchev–Trinajstić information content (AvgIpc) is 2.59. The number of aryl methyl sites for hydroxylation is 1. The van der Waals surface area contributed by atoms with E-state index in [-0.39, 0.29) is 5.91 Å². The molecule has 134 valence electrons. The van der Waals surface area contributed by atoms with Crippen LogP contribution in [0.4, 0.5) is 0 Å². The van der Waals surface area contributed by atoms with Crippen molar-refractivity contribution in [2.24, 2.45) is 0 Å². The van der Waals surface area contributed by atoms with E-state index >= 15 is 0 Å². The molecule has 0 heterocycles. The molecule has 1 atom stereocenters. The number of rotatable bonds is 8. The van der Waals surface area contributed by atoms with Crippen LogP contribution in [0.5, 0.6) is 11.5 Å². The van der Waals surface area contributed by atoms with Crippen LogP contribution in [-0.2, 0) is 4.79 Å². The standard InChI is InChI=1S/C19H21Cl2NO3/c1-3-18(25-16-6-4-5-14(20)11-16)19(23)22-9-10-24-15-8-7-13(2)17(21)12-15/h4-8,11-12,18H,3,9-10H2,1-2H3,(H,22,23)/t18-/m0/s1. The molecule has 0 aliphatic heterocycles. The molecule has 0 aromatic heterocycles. The quantitative estimate of drug-likeness (QED) is 0.676. The van der Waals surface area contributed by atoms with Gasteiger partial charge in [0.1, 0.15) is 18.1 Å². The zero-order chi connectivity index (χ0) is 18.2. The fraction of sp³-hybridized carbons (Fsp3) is 0.316. The number of carbonyl (C=O) groups excluding carboxylic acids is 1. The molecule has 2 rings (SSSR count). The first-order valence-corrected chi connectivity index (χ1v) is 8.84. The second-order valence-electron chi connectivity index (χ2n) is 5.52. The van der Waals surface area contributed by atoms with Crippen LogP contribution in [-0.4, -0.2) is 25.2 Å². The molecular formula is C19H21Cl2NO3. The Morgan fingerprint density at radius 3 is 2.64 bits per heavy atom. The third-order valence-corrected chi connectivity index (χ3v) is 4.19. The molecule has 0 fully saturated rings. The van der Waals surface area contributed by atoms with Crippen LogP contribution in [0.25, 0.3) is 0 Å². The summed E-state index contributed by atoms with van der Waals surface area (Å²) in [4.78, 5) is 12.2. The van der Waals surface area contributed by atoms with Gasteiger partial charge < -0.3 is 14.8 Å². The molecule has 0 bridgehead atoms. The lowest BCUT2D eigenvalue weighted by Crippen LogP contribution is -2.39. The lowest BCUT2D eigenvalue weighted by Gasteiger charge is -2.17. The first-order valence-electron chi connectivity index (χ1n) is 8.08. The summed E-state index contributed by atoms with van der Waals surface area (Å²) in [6, 6.07) is 12.5. The smallest absolute Gasteiger partial charge is 0.261 e. The lowest BCUT2D eigenvalue weighted by atomic mass is 10.2. The van der Waals surface area contributed by atoms with Crippen molar-refractivity contribution in [3.8, 4) is 11.5 Å².